The Morgan fingerprint density at radius 2 is 2.12 bits per heavy atom. The molecule has 4 rings (SSSR count). The Kier molecular flexibility index (Phi) is 4.06. The molecule has 3 heterocycles. The maximum absolute atomic E-state index is 13.0. The summed E-state index contributed by atoms with van der Waals surface area (Å²) in [7, 11) is 0. The van der Waals surface area contributed by atoms with E-state index in [1.165, 1.54) is 30.6 Å². The quantitative estimate of drug-likeness (QED) is 0.765. The number of thiophene rings is 1. The van der Waals surface area contributed by atoms with Gasteiger partial charge in [0.1, 0.15) is 9.53 Å². The Hall–Kier alpha value is -2.21. The molecule has 0 radical (unpaired) electrons. The number of hydrogen-bond donors (Lipinski definition) is 1. The monoisotopic (exact) mass is 340 g/mol. The number of allylic oxidation sites excluding steroid dienone is 1. The van der Waals surface area contributed by atoms with Crippen LogP contribution >= 0.6 is 11.3 Å². The van der Waals surface area contributed by atoms with Crippen molar-refractivity contribution < 1.29 is 0 Å². The van der Waals surface area contributed by atoms with Gasteiger partial charge in [-0.3, -0.25) is 9.36 Å². The fourth-order valence-electron chi connectivity index (χ4n) is 3.48. The molecule has 1 saturated carbocycles. The van der Waals surface area contributed by atoms with Crippen LogP contribution in [0, 0.1) is 0 Å². The molecular formula is C18H20N4OS. The molecule has 0 bridgehead atoms. The van der Waals surface area contributed by atoms with Crippen LogP contribution in [0.3, 0.4) is 0 Å². The zero-order valence-electron chi connectivity index (χ0n) is 13.7. The molecule has 0 unspecified atom stereocenters. The van der Waals surface area contributed by atoms with Crippen LogP contribution in [0.2, 0.25) is 0 Å². The summed E-state index contributed by atoms with van der Waals surface area (Å²) in [4.78, 5) is 22.9. The minimum atomic E-state index is 0.0758. The number of anilines is 1. The molecule has 1 aliphatic carbocycles. The van der Waals surface area contributed by atoms with Gasteiger partial charge < -0.3 is 5.32 Å². The average Bonchev–Trinajstić information content (AvgIpc) is 3.01. The lowest BCUT2D eigenvalue weighted by Crippen LogP contribution is -2.26. The Labute approximate surface area is 144 Å². The van der Waals surface area contributed by atoms with Gasteiger partial charge in [0.15, 0.2) is 0 Å². The molecule has 0 saturated heterocycles. The number of nitrogens with zero attached hydrogens (tertiary/aromatic N) is 3. The predicted octanol–water partition coefficient (Wildman–Crippen LogP) is 4.46. The van der Waals surface area contributed by atoms with E-state index in [4.69, 9.17) is 0 Å². The summed E-state index contributed by atoms with van der Waals surface area (Å²) in [6.07, 6.45) is 13.1. The van der Waals surface area contributed by atoms with Gasteiger partial charge in [-0.15, -0.1) is 11.3 Å². The third-order valence-corrected chi connectivity index (χ3v) is 5.76. The summed E-state index contributed by atoms with van der Waals surface area (Å²) in [6, 6.07) is 2.21. The number of pyridine rings is 1. The van der Waals surface area contributed by atoms with Gasteiger partial charge in [-0.25, -0.2) is 9.97 Å². The Morgan fingerprint density at radius 1 is 1.29 bits per heavy atom. The fraction of sp³-hybridized carbons (Fsp3) is 0.389. The summed E-state index contributed by atoms with van der Waals surface area (Å²) in [6.45, 7) is 1.96. The summed E-state index contributed by atoms with van der Waals surface area (Å²) >= 11 is 1.44. The Balaban J connectivity index is 1.90. The summed E-state index contributed by atoms with van der Waals surface area (Å²) < 4.78 is 2.55. The van der Waals surface area contributed by atoms with Gasteiger partial charge in [0, 0.05) is 12.2 Å². The van der Waals surface area contributed by atoms with E-state index in [1.807, 2.05) is 29.8 Å². The van der Waals surface area contributed by atoms with E-state index in [1.54, 1.807) is 12.5 Å². The molecule has 1 fully saturated rings. The van der Waals surface area contributed by atoms with Crippen molar-refractivity contribution in [2.75, 3.05) is 5.32 Å². The van der Waals surface area contributed by atoms with Gasteiger partial charge >= 0.3 is 0 Å². The highest BCUT2D eigenvalue weighted by molar-refractivity contribution is 7.25. The van der Waals surface area contributed by atoms with E-state index < -0.39 is 0 Å². The van der Waals surface area contributed by atoms with Crippen molar-refractivity contribution in [2.24, 2.45) is 0 Å². The summed E-state index contributed by atoms with van der Waals surface area (Å²) in [5, 5.41) is 4.18. The summed E-state index contributed by atoms with van der Waals surface area (Å²) in [5.41, 5.74) is 1.77. The van der Waals surface area contributed by atoms with Crippen molar-refractivity contribution in [1.82, 2.24) is 14.5 Å². The maximum Gasteiger partial charge on any atom is 0.271 e. The van der Waals surface area contributed by atoms with Crippen LogP contribution in [0.1, 0.15) is 45.1 Å². The molecule has 124 valence electrons. The highest BCUT2D eigenvalue weighted by Gasteiger charge is 2.20. The van der Waals surface area contributed by atoms with Crippen LogP contribution in [-0.4, -0.2) is 14.5 Å². The molecule has 0 amide bonds. The standard InChI is InChI=1S/C18H20N4OS/c1-2-9-19-13-8-10-20-17-14(13)15-16(24-17)18(23)22(11-21-15)12-6-4-3-5-7-12/h2,8-12H,3-7H2,1H3,(H,19,20)/b9-2-. The van der Waals surface area contributed by atoms with E-state index in [-0.39, 0.29) is 5.56 Å². The van der Waals surface area contributed by atoms with E-state index in [2.05, 4.69) is 15.3 Å². The molecule has 3 aromatic rings. The molecule has 0 aliphatic heterocycles. The highest BCUT2D eigenvalue weighted by atomic mass is 32.1. The van der Waals surface area contributed by atoms with Gasteiger partial charge in [0.2, 0.25) is 0 Å². The zero-order chi connectivity index (χ0) is 16.5. The Morgan fingerprint density at radius 3 is 2.92 bits per heavy atom. The topological polar surface area (TPSA) is 59.8 Å². The number of nitrogens with one attached hydrogen (secondary N) is 1. The predicted molar refractivity (Wildman–Crippen MR) is 99.7 cm³/mol. The van der Waals surface area contributed by atoms with Gasteiger partial charge in [-0.1, -0.05) is 25.3 Å². The Bertz CT molecular complexity index is 966. The molecule has 6 heteroatoms. The van der Waals surface area contributed by atoms with Gasteiger partial charge in [0.25, 0.3) is 5.56 Å². The first-order valence-corrected chi connectivity index (χ1v) is 9.27. The maximum atomic E-state index is 13.0. The van der Waals surface area contributed by atoms with Crippen LogP contribution in [0.25, 0.3) is 20.4 Å². The van der Waals surface area contributed by atoms with Crippen LogP contribution in [0.4, 0.5) is 5.69 Å². The lowest BCUT2D eigenvalue weighted by molar-refractivity contribution is 0.345. The number of aromatic nitrogens is 3. The molecule has 0 aromatic carbocycles. The highest BCUT2D eigenvalue weighted by Crippen LogP contribution is 2.35. The number of fused-ring (bicyclic) bond motifs is 3. The molecule has 0 spiro atoms. The van der Waals surface area contributed by atoms with Crippen molar-refractivity contribution >= 4 is 37.5 Å². The second-order valence-corrected chi connectivity index (χ2v) is 7.21. The normalized spacial score (nSPS) is 16.4. The SMILES string of the molecule is C/C=C\Nc1ccnc2sc3c(=O)n(C4CCCCC4)cnc3c12. The van der Waals surface area contributed by atoms with Crippen LogP contribution in [0.5, 0.6) is 0 Å². The molecule has 0 atom stereocenters. The second kappa shape index (κ2) is 6.36. The third-order valence-electron chi connectivity index (χ3n) is 4.68. The van der Waals surface area contributed by atoms with E-state index in [9.17, 15) is 4.79 Å². The van der Waals surface area contributed by atoms with Crippen LogP contribution in [-0.2, 0) is 0 Å². The summed E-state index contributed by atoms with van der Waals surface area (Å²) in [5.74, 6) is 0. The van der Waals surface area contributed by atoms with E-state index in [0.717, 1.165) is 34.3 Å². The smallest absolute Gasteiger partial charge is 0.271 e. The van der Waals surface area contributed by atoms with Crippen molar-refractivity contribution in [3.05, 3.63) is 41.2 Å². The zero-order valence-corrected chi connectivity index (χ0v) is 14.5. The molecular weight excluding hydrogens is 320 g/mol. The lowest BCUT2D eigenvalue weighted by Gasteiger charge is -2.23. The van der Waals surface area contributed by atoms with E-state index in [0.29, 0.717) is 10.7 Å². The number of rotatable bonds is 3. The number of hydrogen-bond acceptors (Lipinski definition) is 5. The minimum Gasteiger partial charge on any atom is -0.361 e. The van der Waals surface area contributed by atoms with Crippen molar-refractivity contribution in [2.45, 2.75) is 45.1 Å². The third kappa shape index (κ3) is 2.51. The first-order valence-electron chi connectivity index (χ1n) is 8.45. The molecule has 5 nitrogen and oxygen atoms in total. The molecule has 3 aromatic heterocycles. The van der Waals surface area contributed by atoms with Crippen molar-refractivity contribution in [3.63, 3.8) is 0 Å². The van der Waals surface area contributed by atoms with Gasteiger partial charge in [-0.05, 0) is 32.0 Å². The van der Waals surface area contributed by atoms with Gasteiger partial charge in [-0.2, -0.15) is 0 Å². The van der Waals surface area contributed by atoms with Crippen molar-refractivity contribution in [1.29, 1.82) is 0 Å². The van der Waals surface area contributed by atoms with Crippen LogP contribution < -0.4 is 10.9 Å². The molecule has 1 N–H and O–H groups in total. The average molecular weight is 340 g/mol. The van der Waals surface area contributed by atoms with Crippen LogP contribution in [0.15, 0.2) is 35.7 Å². The lowest BCUT2D eigenvalue weighted by atomic mass is 9.95. The van der Waals surface area contributed by atoms with E-state index >= 15 is 0 Å². The van der Waals surface area contributed by atoms with Crippen molar-refractivity contribution in [3.8, 4) is 0 Å². The first-order chi connectivity index (χ1) is 11.8. The molecule has 1 aliphatic rings. The fourth-order valence-corrected chi connectivity index (χ4v) is 4.54. The largest absolute Gasteiger partial charge is 0.361 e. The second-order valence-electron chi connectivity index (χ2n) is 6.21. The van der Waals surface area contributed by atoms with Gasteiger partial charge in [0.05, 0.1) is 22.9 Å². The first kappa shape index (κ1) is 15.3. The minimum absolute atomic E-state index is 0.0758. The molecule has 24 heavy (non-hydrogen) atoms.